The fraction of sp³-hybridized carbons (Fsp3) is 0.421. The van der Waals surface area contributed by atoms with Crippen LogP contribution < -0.4 is 10.6 Å². The number of carbonyl (C=O) groups is 2. The van der Waals surface area contributed by atoms with Crippen LogP contribution in [0, 0.1) is 5.82 Å². The van der Waals surface area contributed by atoms with Crippen LogP contribution >= 0.6 is 11.8 Å². The zero-order valence-corrected chi connectivity index (χ0v) is 16.6. The van der Waals surface area contributed by atoms with Crippen LogP contribution in [0.1, 0.15) is 31.5 Å². The molecular weight excluding hydrogens is 383 g/mol. The molecule has 1 aliphatic heterocycles. The molecule has 9 heteroatoms. The van der Waals surface area contributed by atoms with E-state index >= 15 is 0 Å². The van der Waals surface area contributed by atoms with E-state index in [1.54, 1.807) is 28.6 Å². The SMILES string of the molecule is CC(C)OCCCNC(=O)C(=O)Nc1c2c(nn1-c1ccc(F)cc1)CSC2. The second-order valence-corrected chi connectivity index (χ2v) is 7.62. The highest BCUT2D eigenvalue weighted by atomic mass is 32.2. The highest BCUT2D eigenvalue weighted by Crippen LogP contribution is 2.36. The minimum atomic E-state index is -0.757. The number of hydrogen-bond donors (Lipinski definition) is 2. The third-order valence-corrected chi connectivity index (χ3v) is 5.09. The molecule has 28 heavy (non-hydrogen) atoms. The van der Waals surface area contributed by atoms with E-state index in [-0.39, 0.29) is 11.9 Å². The van der Waals surface area contributed by atoms with Crippen molar-refractivity contribution in [3.05, 3.63) is 41.3 Å². The van der Waals surface area contributed by atoms with Crippen molar-refractivity contribution in [1.82, 2.24) is 15.1 Å². The summed E-state index contributed by atoms with van der Waals surface area (Å²) < 4.78 is 20.2. The summed E-state index contributed by atoms with van der Waals surface area (Å²) >= 11 is 1.69. The number of thioether (sulfide) groups is 1. The lowest BCUT2D eigenvalue weighted by Crippen LogP contribution is -2.36. The molecule has 0 aliphatic carbocycles. The van der Waals surface area contributed by atoms with Gasteiger partial charge in [0, 0.05) is 30.2 Å². The van der Waals surface area contributed by atoms with Gasteiger partial charge in [-0.3, -0.25) is 9.59 Å². The molecule has 0 saturated heterocycles. The quantitative estimate of drug-likeness (QED) is 0.545. The van der Waals surface area contributed by atoms with Crippen molar-refractivity contribution < 1.29 is 18.7 Å². The minimum absolute atomic E-state index is 0.130. The molecule has 2 aromatic rings. The number of rotatable bonds is 7. The average molecular weight is 406 g/mol. The third kappa shape index (κ3) is 4.90. The number of aromatic nitrogens is 2. The molecule has 0 fully saturated rings. The first-order valence-electron chi connectivity index (χ1n) is 9.11. The van der Waals surface area contributed by atoms with E-state index < -0.39 is 11.8 Å². The van der Waals surface area contributed by atoms with Crippen LogP contribution in [0.25, 0.3) is 5.69 Å². The lowest BCUT2D eigenvalue weighted by atomic mass is 10.2. The van der Waals surface area contributed by atoms with E-state index in [1.165, 1.54) is 12.1 Å². The molecule has 0 bridgehead atoms. The van der Waals surface area contributed by atoms with E-state index in [4.69, 9.17) is 4.74 Å². The number of halogens is 1. The number of anilines is 1. The van der Waals surface area contributed by atoms with Crippen LogP contribution in [0.15, 0.2) is 24.3 Å². The second kappa shape index (κ2) is 9.20. The van der Waals surface area contributed by atoms with Gasteiger partial charge in [-0.25, -0.2) is 9.07 Å². The van der Waals surface area contributed by atoms with Gasteiger partial charge < -0.3 is 15.4 Å². The number of nitrogens with one attached hydrogen (secondary N) is 2. The zero-order chi connectivity index (χ0) is 20.1. The molecular formula is C19H23FN4O3S. The number of amides is 2. The van der Waals surface area contributed by atoms with Crippen molar-refractivity contribution in [2.45, 2.75) is 37.9 Å². The molecule has 150 valence electrons. The smallest absolute Gasteiger partial charge is 0.314 e. The van der Waals surface area contributed by atoms with Gasteiger partial charge in [0.15, 0.2) is 0 Å². The molecule has 0 atom stereocenters. The Labute approximate surface area is 167 Å². The second-order valence-electron chi connectivity index (χ2n) is 6.64. The Morgan fingerprint density at radius 2 is 2.00 bits per heavy atom. The van der Waals surface area contributed by atoms with E-state index in [2.05, 4.69) is 15.7 Å². The first kappa shape index (κ1) is 20.3. The van der Waals surface area contributed by atoms with Crippen LogP contribution in [0.4, 0.5) is 10.2 Å². The van der Waals surface area contributed by atoms with Gasteiger partial charge in [0.05, 0.1) is 17.5 Å². The van der Waals surface area contributed by atoms with Crippen LogP contribution in [0.2, 0.25) is 0 Å². The number of benzene rings is 1. The van der Waals surface area contributed by atoms with Gasteiger partial charge in [-0.2, -0.15) is 16.9 Å². The Bertz CT molecular complexity index is 852. The maximum Gasteiger partial charge on any atom is 0.314 e. The number of fused-ring (bicyclic) bond motifs is 1. The molecule has 1 aromatic heterocycles. The Kier molecular flexibility index (Phi) is 6.69. The molecule has 0 radical (unpaired) electrons. The summed E-state index contributed by atoms with van der Waals surface area (Å²) in [4.78, 5) is 24.5. The Balaban J connectivity index is 1.67. The predicted octanol–water partition coefficient (Wildman–Crippen LogP) is 2.63. The fourth-order valence-corrected chi connectivity index (χ4v) is 3.78. The number of ether oxygens (including phenoxy) is 1. The Hall–Kier alpha value is -2.39. The van der Waals surface area contributed by atoms with Crippen molar-refractivity contribution in [2.24, 2.45) is 0 Å². The molecule has 0 saturated carbocycles. The van der Waals surface area contributed by atoms with Gasteiger partial charge >= 0.3 is 11.8 Å². The van der Waals surface area contributed by atoms with Gasteiger partial charge in [0.25, 0.3) is 0 Å². The maximum atomic E-state index is 13.2. The van der Waals surface area contributed by atoms with Crippen LogP contribution in [-0.4, -0.2) is 40.9 Å². The highest BCUT2D eigenvalue weighted by molar-refractivity contribution is 7.98. The predicted molar refractivity (Wildman–Crippen MR) is 106 cm³/mol. The van der Waals surface area contributed by atoms with Crippen molar-refractivity contribution in [3.63, 3.8) is 0 Å². The van der Waals surface area contributed by atoms with Gasteiger partial charge in [-0.1, -0.05) is 0 Å². The lowest BCUT2D eigenvalue weighted by molar-refractivity contribution is -0.136. The summed E-state index contributed by atoms with van der Waals surface area (Å²) in [6.45, 7) is 4.74. The van der Waals surface area contributed by atoms with Crippen LogP contribution in [0.5, 0.6) is 0 Å². The van der Waals surface area contributed by atoms with Crippen molar-refractivity contribution >= 4 is 29.4 Å². The van der Waals surface area contributed by atoms with Gasteiger partial charge in [0.1, 0.15) is 11.6 Å². The van der Waals surface area contributed by atoms with Crippen LogP contribution in [-0.2, 0) is 25.8 Å². The van der Waals surface area contributed by atoms with Gasteiger partial charge in [-0.05, 0) is 44.5 Å². The van der Waals surface area contributed by atoms with E-state index in [9.17, 15) is 14.0 Å². The number of hydrogen-bond acceptors (Lipinski definition) is 5. The summed E-state index contributed by atoms with van der Waals surface area (Å²) in [5, 5.41) is 9.78. The average Bonchev–Trinajstić information content (AvgIpc) is 3.24. The van der Waals surface area contributed by atoms with E-state index in [0.29, 0.717) is 36.8 Å². The van der Waals surface area contributed by atoms with Gasteiger partial charge in [-0.15, -0.1) is 0 Å². The molecule has 2 heterocycles. The first-order chi connectivity index (χ1) is 13.5. The van der Waals surface area contributed by atoms with Crippen molar-refractivity contribution in [1.29, 1.82) is 0 Å². The van der Waals surface area contributed by atoms with E-state index in [1.807, 2.05) is 13.8 Å². The van der Waals surface area contributed by atoms with E-state index in [0.717, 1.165) is 17.0 Å². The molecule has 3 rings (SSSR count). The van der Waals surface area contributed by atoms with Crippen LogP contribution in [0.3, 0.4) is 0 Å². The van der Waals surface area contributed by atoms with Gasteiger partial charge in [0.2, 0.25) is 0 Å². The minimum Gasteiger partial charge on any atom is -0.379 e. The molecule has 0 spiro atoms. The van der Waals surface area contributed by atoms with Crippen molar-refractivity contribution in [3.8, 4) is 5.69 Å². The maximum absolute atomic E-state index is 13.2. The summed E-state index contributed by atoms with van der Waals surface area (Å²) in [5.41, 5.74) is 2.36. The summed E-state index contributed by atoms with van der Waals surface area (Å²) in [6, 6.07) is 5.81. The summed E-state index contributed by atoms with van der Waals surface area (Å²) in [6.07, 6.45) is 0.752. The monoisotopic (exact) mass is 406 g/mol. The molecule has 2 N–H and O–H groups in total. The molecule has 0 unspecified atom stereocenters. The lowest BCUT2D eigenvalue weighted by Gasteiger charge is -2.11. The molecule has 2 amide bonds. The standard InChI is InChI=1S/C19H23FN4O3S/c1-12(2)27-9-3-8-21-18(25)19(26)22-17-15-10-28-11-16(15)23-24(17)14-6-4-13(20)5-7-14/h4-7,12H,3,8-11H2,1-2H3,(H,21,25)(H,22,26). The molecule has 7 nitrogen and oxygen atoms in total. The number of nitrogens with zero attached hydrogens (tertiary/aromatic N) is 2. The molecule has 1 aromatic carbocycles. The third-order valence-electron chi connectivity index (χ3n) is 4.12. The van der Waals surface area contributed by atoms with Crippen molar-refractivity contribution in [2.75, 3.05) is 18.5 Å². The normalized spacial score (nSPS) is 12.9. The fourth-order valence-electron chi connectivity index (χ4n) is 2.75. The highest BCUT2D eigenvalue weighted by Gasteiger charge is 2.26. The largest absolute Gasteiger partial charge is 0.379 e. The number of carbonyl (C=O) groups excluding carboxylic acids is 2. The first-order valence-corrected chi connectivity index (χ1v) is 10.3. The summed E-state index contributed by atoms with van der Waals surface area (Å²) in [7, 11) is 0. The Morgan fingerprint density at radius 3 is 2.71 bits per heavy atom. The summed E-state index contributed by atoms with van der Waals surface area (Å²) in [5.74, 6) is 0.0539. The topological polar surface area (TPSA) is 85.2 Å². The molecule has 1 aliphatic rings. The Morgan fingerprint density at radius 1 is 1.25 bits per heavy atom. The zero-order valence-electron chi connectivity index (χ0n) is 15.8.